The van der Waals surface area contributed by atoms with Crippen LogP contribution in [0.2, 0.25) is 0 Å². The first-order chi connectivity index (χ1) is 10.3. The first kappa shape index (κ1) is 17.3. The number of amides is 1. The van der Waals surface area contributed by atoms with Crippen LogP contribution in [0.1, 0.15) is 72.1 Å². The van der Waals surface area contributed by atoms with E-state index in [1.807, 2.05) is 25.7 Å². The number of carbonyl (C=O) groups is 2. The first-order valence-electron chi connectivity index (χ1n) is 8.75. The van der Waals surface area contributed by atoms with Gasteiger partial charge in [-0.15, -0.1) is 0 Å². The van der Waals surface area contributed by atoms with Crippen LogP contribution in [0.25, 0.3) is 0 Å². The molecule has 1 heterocycles. The Morgan fingerprint density at radius 2 is 1.77 bits per heavy atom. The van der Waals surface area contributed by atoms with E-state index in [0.29, 0.717) is 11.8 Å². The van der Waals surface area contributed by atoms with Crippen molar-refractivity contribution in [2.24, 2.45) is 11.3 Å². The molecule has 1 aliphatic heterocycles. The highest BCUT2D eigenvalue weighted by atomic mass is 16.6. The van der Waals surface area contributed by atoms with Gasteiger partial charge in [0.25, 0.3) is 0 Å². The quantitative estimate of drug-likeness (QED) is 0.735. The number of rotatable bonds is 3. The van der Waals surface area contributed by atoms with Crippen molar-refractivity contribution in [3.8, 4) is 0 Å². The average Bonchev–Trinajstić information content (AvgIpc) is 2.46. The molecule has 126 valence electrons. The van der Waals surface area contributed by atoms with Crippen molar-refractivity contribution in [1.29, 1.82) is 0 Å². The van der Waals surface area contributed by atoms with E-state index in [1.165, 1.54) is 25.7 Å². The van der Waals surface area contributed by atoms with E-state index in [4.69, 9.17) is 4.74 Å². The SMILES string of the molecule is CC(C)(C)OC(=O)N1CCC2(CCC(CCC=O)CC2)CC1. The van der Waals surface area contributed by atoms with Crippen LogP contribution in [-0.2, 0) is 9.53 Å². The van der Waals surface area contributed by atoms with Crippen LogP contribution < -0.4 is 0 Å². The Balaban J connectivity index is 1.78. The van der Waals surface area contributed by atoms with Crippen molar-refractivity contribution >= 4 is 12.4 Å². The fourth-order valence-corrected chi connectivity index (χ4v) is 3.87. The van der Waals surface area contributed by atoms with Crippen LogP contribution in [0.5, 0.6) is 0 Å². The highest BCUT2D eigenvalue weighted by Gasteiger charge is 2.39. The summed E-state index contributed by atoms with van der Waals surface area (Å²) >= 11 is 0. The van der Waals surface area contributed by atoms with E-state index >= 15 is 0 Å². The molecule has 1 amide bonds. The van der Waals surface area contributed by atoms with Gasteiger partial charge in [0.15, 0.2) is 0 Å². The summed E-state index contributed by atoms with van der Waals surface area (Å²) in [5.74, 6) is 0.736. The molecule has 1 spiro atoms. The summed E-state index contributed by atoms with van der Waals surface area (Å²) in [5.41, 5.74) is 0.0268. The molecule has 0 atom stereocenters. The number of likely N-dealkylation sites (tertiary alicyclic amines) is 1. The normalized spacial score (nSPS) is 22.6. The van der Waals surface area contributed by atoms with Crippen LogP contribution in [0.3, 0.4) is 0 Å². The Bertz CT molecular complexity index is 382. The largest absolute Gasteiger partial charge is 0.444 e. The molecule has 0 aromatic heterocycles. The molecule has 0 bridgehead atoms. The highest BCUT2D eigenvalue weighted by Crippen LogP contribution is 2.47. The predicted octanol–water partition coefficient (Wildman–Crippen LogP) is 4.17. The lowest BCUT2D eigenvalue weighted by molar-refractivity contribution is -0.108. The summed E-state index contributed by atoms with van der Waals surface area (Å²) in [6.45, 7) is 7.40. The van der Waals surface area contributed by atoms with E-state index in [-0.39, 0.29) is 6.09 Å². The number of carbonyl (C=O) groups excluding carboxylic acids is 2. The lowest BCUT2D eigenvalue weighted by Crippen LogP contribution is -2.46. The zero-order chi connectivity index (χ0) is 16.2. The van der Waals surface area contributed by atoms with Gasteiger partial charge < -0.3 is 14.4 Å². The van der Waals surface area contributed by atoms with Crippen molar-refractivity contribution in [2.45, 2.75) is 77.7 Å². The van der Waals surface area contributed by atoms with Gasteiger partial charge in [0.1, 0.15) is 11.9 Å². The maximum atomic E-state index is 12.1. The number of nitrogens with zero attached hydrogens (tertiary/aromatic N) is 1. The third-order valence-electron chi connectivity index (χ3n) is 5.33. The van der Waals surface area contributed by atoms with Crippen molar-refractivity contribution in [2.75, 3.05) is 13.1 Å². The van der Waals surface area contributed by atoms with Gasteiger partial charge in [0.05, 0.1) is 0 Å². The highest BCUT2D eigenvalue weighted by molar-refractivity contribution is 5.68. The van der Waals surface area contributed by atoms with Crippen molar-refractivity contribution < 1.29 is 14.3 Å². The summed E-state index contributed by atoms with van der Waals surface area (Å²) in [5, 5.41) is 0. The van der Waals surface area contributed by atoms with E-state index in [9.17, 15) is 9.59 Å². The summed E-state index contributed by atoms with van der Waals surface area (Å²) in [6.07, 6.45) is 9.89. The minimum absolute atomic E-state index is 0.165. The van der Waals surface area contributed by atoms with Crippen LogP contribution in [-0.4, -0.2) is 36.0 Å². The Labute approximate surface area is 134 Å². The standard InChI is InChI=1S/C18H31NO3/c1-17(2,3)22-16(21)19-12-10-18(11-13-19)8-6-15(7-9-18)5-4-14-20/h14-15H,4-13H2,1-3H3. The lowest BCUT2D eigenvalue weighted by Gasteiger charge is -2.46. The fourth-order valence-electron chi connectivity index (χ4n) is 3.87. The second-order valence-corrected chi connectivity index (χ2v) is 8.15. The number of hydrogen-bond donors (Lipinski definition) is 0. The third-order valence-corrected chi connectivity index (χ3v) is 5.33. The van der Waals surface area contributed by atoms with Crippen molar-refractivity contribution in [3.63, 3.8) is 0 Å². The summed E-state index contributed by atoms with van der Waals surface area (Å²) in [7, 11) is 0. The fraction of sp³-hybridized carbons (Fsp3) is 0.889. The Hall–Kier alpha value is -1.06. The molecule has 1 saturated carbocycles. The molecular weight excluding hydrogens is 278 g/mol. The Kier molecular flexibility index (Phi) is 5.51. The molecule has 2 fully saturated rings. The lowest BCUT2D eigenvalue weighted by atomic mass is 9.65. The molecule has 1 saturated heterocycles. The Morgan fingerprint density at radius 1 is 1.18 bits per heavy atom. The van der Waals surface area contributed by atoms with Gasteiger partial charge >= 0.3 is 6.09 Å². The molecule has 0 aromatic rings. The monoisotopic (exact) mass is 309 g/mol. The van der Waals surface area contributed by atoms with E-state index in [2.05, 4.69) is 0 Å². The molecule has 2 rings (SSSR count). The van der Waals surface area contributed by atoms with Gasteiger partial charge in [-0.2, -0.15) is 0 Å². The smallest absolute Gasteiger partial charge is 0.410 e. The van der Waals surface area contributed by atoms with E-state index < -0.39 is 5.60 Å². The number of hydrogen-bond acceptors (Lipinski definition) is 3. The molecule has 0 aromatic carbocycles. The molecule has 0 unspecified atom stereocenters. The van der Waals surface area contributed by atoms with Crippen LogP contribution in [0, 0.1) is 11.3 Å². The molecule has 4 nitrogen and oxygen atoms in total. The van der Waals surface area contributed by atoms with Gasteiger partial charge in [0, 0.05) is 19.5 Å². The van der Waals surface area contributed by atoms with Gasteiger partial charge in [-0.05, 0) is 77.0 Å². The predicted molar refractivity (Wildman–Crippen MR) is 86.7 cm³/mol. The minimum Gasteiger partial charge on any atom is -0.444 e. The summed E-state index contributed by atoms with van der Waals surface area (Å²) in [4.78, 5) is 24.5. The van der Waals surface area contributed by atoms with Crippen molar-refractivity contribution in [3.05, 3.63) is 0 Å². The Morgan fingerprint density at radius 3 is 2.27 bits per heavy atom. The van der Waals surface area contributed by atoms with Crippen LogP contribution in [0.4, 0.5) is 4.79 Å². The van der Waals surface area contributed by atoms with E-state index in [1.54, 1.807) is 0 Å². The van der Waals surface area contributed by atoms with Crippen LogP contribution in [0.15, 0.2) is 0 Å². The molecule has 22 heavy (non-hydrogen) atoms. The number of piperidine rings is 1. The second kappa shape index (κ2) is 7.01. The van der Waals surface area contributed by atoms with Crippen molar-refractivity contribution in [1.82, 2.24) is 4.90 Å². The zero-order valence-electron chi connectivity index (χ0n) is 14.4. The van der Waals surface area contributed by atoms with E-state index in [0.717, 1.165) is 44.6 Å². The van der Waals surface area contributed by atoms with Gasteiger partial charge in [-0.1, -0.05) is 0 Å². The first-order valence-corrected chi connectivity index (χ1v) is 8.75. The topological polar surface area (TPSA) is 46.6 Å². The molecule has 2 aliphatic rings. The van der Waals surface area contributed by atoms with Gasteiger partial charge in [-0.25, -0.2) is 4.79 Å². The maximum Gasteiger partial charge on any atom is 0.410 e. The van der Waals surface area contributed by atoms with Crippen LogP contribution >= 0.6 is 0 Å². The molecule has 0 N–H and O–H groups in total. The van der Waals surface area contributed by atoms with Gasteiger partial charge in [-0.3, -0.25) is 0 Å². The number of ether oxygens (including phenoxy) is 1. The second-order valence-electron chi connectivity index (χ2n) is 8.15. The molecule has 4 heteroatoms. The summed E-state index contributed by atoms with van der Waals surface area (Å²) < 4.78 is 5.47. The van der Waals surface area contributed by atoms with Gasteiger partial charge in [0.2, 0.25) is 0 Å². The average molecular weight is 309 g/mol. The number of aldehydes is 1. The molecular formula is C18H31NO3. The maximum absolute atomic E-state index is 12.1. The zero-order valence-corrected chi connectivity index (χ0v) is 14.4. The molecule has 0 radical (unpaired) electrons. The third kappa shape index (κ3) is 4.72. The minimum atomic E-state index is -0.414. The summed E-state index contributed by atoms with van der Waals surface area (Å²) in [6, 6.07) is 0. The molecule has 1 aliphatic carbocycles.